The van der Waals surface area contributed by atoms with Gasteiger partial charge in [-0.2, -0.15) is 0 Å². The zero-order valence-corrected chi connectivity index (χ0v) is 17.6. The van der Waals surface area contributed by atoms with Gasteiger partial charge in [-0.1, -0.05) is 23.7 Å². The number of esters is 1. The fourth-order valence-corrected chi connectivity index (χ4v) is 4.48. The molecule has 8 heteroatoms. The smallest absolute Gasteiger partial charge is 0.373 e. The second-order valence-electron chi connectivity index (χ2n) is 6.53. The van der Waals surface area contributed by atoms with Crippen LogP contribution in [0.1, 0.15) is 27.0 Å². The number of furan rings is 1. The van der Waals surface area contributed by atoms with Crippen LogP contribution in [-0.2, 0) is 11.3 Å². The molecule has 0 spiro atoms. The van der Waals surface area contributed by atoms with E-state index >= 15 is 0 Å². The summed E-state index contributed by atoms with van der Waals surface area (Å²) < 4.78 is 11.7. The Bertz CT molecular complexity index is 1280. The van der Waals surface area contributed by atoms with Gasteiger partial charge >= 0.3 is 5.97 Å². The van der Waals surface area contributed by atoms with Crippen molar-refractivity contribution in [3.05, 3.63) is 74.0 Å². The van der Waals surface area contributed by atoms with Crippen LogP contribution >= 0.6 is 22.9 Å². The number of carbonyl (C=O) groups is 1. The molecule has 0 aliphatic carbocycles. The minimum atomic E-state index is -0.563. The predicted octanol–water partition coefficient (Wildman–Crippen LogP) is 4.82. The van der Waals surface area contributed by atoms with Crippen molar-refractivity contribution in [3.8, 4) is 11.1 Å². The van der Waals surface area contributed by atoms with E-state index in [4.69, 9.17) is 16.0 Å². The van der Waals surface area contributed by atoms with Crippen LogP contribution in [-0.4, -0.2) is 22.6 Å². The largest absolute Gasteiger partial charge is 0.463 e. The molecule has 0 fully saturated rings. The van der Waals surface area contributed by atoms with Crippen molar-refractivity contribution in [1.29, 1.82) is 0 Å². The second kappa shape index (κ2) is 7.50. The summed E-state index contributed by atoms with van der Waals surface area (Å²) in [6, 6.07) is 10.6. The van der Waals surface area contributed by atoms with Crippen molar-refractivity contribution >= 4 is 39.1 Å². The minimum absolute atomic E-state index is 0.0930. The highest BCUT2D eigenvalue weighted by atomic mass is 35.5. The number of halogens is 1. The first-order valence-corrected chi connectivity index (χ1v) is 10.0. The maximum Gasteiger partial charge on any atom is 0.373 e. The Morgan fingerprint density at radius 2 is 1.93 bits per heavy atom. The number of fused-ring (bicyclic) bond motifs is 1. The third-order valence-corrected chi connectivity index (χ3v) is 5.92. The monoisotopic (exact) mass is 428 g/mol. The third kappa shape index (κ3) is 3.47. The van der Waals surface area contributed by atoms with Gasteiger partial charge in [-0.05, 0) is 43.7 Å². The van der Waals surface area contributed by atoms with Gasteiger partial charge in [-0.15, -0.1) is 11.3 Å². The topological polar surface area (TPSA) is 74.3 Å². The van der Waals surface area contributed by atoms with Crippen molar-refractivity contribution in [3.63, 3.8) is 0 Å². The van der Waals surface area contributed by atoms with E-state index in [9.17, 15) is 9.59 Å². The molecule has 0 aliphatic heterocycles. The molecule has 3 heterocycles. The van der Waals surface area contributed by atoms with Gasteiger partial charge in [0.15, 0.2) is 0 Å². The molecule has 29 heavy (non-hydrogen) atoms. The first-order valence-electron chi connectivity index (χ1n) is 8.82. The zero-order valence-electron chi connectivity index (χ0n) is 16.0. The molecule has 0 atom stereocenters. The molecule has 3 aromatic heterocycles. The normalized spacial score (nSPS) is 11.2. The van der Waals surface area contributed by atoms with Crippen molar-refractivity contribution in [1.82, 2.24) is 9.55 Å². The Kier molecular flexibility index (Phi) is 5.02. The van der Waals surface area contributed by atoms with E-state index in [1.54, 1.807) is 29.7 Å². The van der Waals surface area contributed by atoms with Crippen LogP contribution in [0.3, 0.4) is 0 Å². The molecule has 4 aromatic rings. The van der Waals surface area contributed by atoms with Gasteiger partial charge in [-0.3, -0.25) is 9.36 Å². The number of hydrogen-bond acceptors (Lipinski definition) is 6. The fourth-order valence-electron chi connectivity index (χ4n) is 3.28. The lowest BCUT2D eigenvalue weighted by atomic mass is 10.0. The van der Waals surface area contributed by atoms with E-state index in [0.29, 0.717) is 26.8 Å². The summed E-state index contributed by atoms with van der Waals surface area (Å²) >= 11 is 7.50. The van der Waals surface area contributed by atoms with Gasteiger partial charge in [0, 0.05) is 15.5 Å². The number of thiophene rings is 1. The highest BCUT2D eigenvalue weighted by molar-refractivity contribution is 7.19. The van der Waals surface area contributed by atoms with E-state index in [2.05, 4.69) is 9.72 Å². The average molecular weight is 429 g/mol. The lowest BCUT2D eigenvalue weighted by Crippen LogP contribution is -2.24. The second-order valence-corrected chi connectivity index (χ2v) is 8.17. The number of nitrogens with zero attached hydrogens (tertiary/aromatic N) is 2. The van der Waals surface area contributed by atoms with Gasteiger partial charge < -0.3 is 9.15 Å². The van der Waals surface area contributed by atoms with Crippen LogP contribution in [0.25, 0.3) is 21.3 Å². The van der Waals surface area contributed by atoms with Gasteiger partial charge in [0.05, 0.1) is 19.0 Å². The summed E-state index contributed by atoms with van der Waals surface area (Å²) in [6.45, 7) is 3.92. The number of rotatable bonds is 4. The molecule has 6 nitrogen and oxygen atoms in total. The number of benzene rings is 1. The SMILES string of the molecule is COC(=O)c1ccc(Cn2c(C)nc3sc(C)c(-c4ccc(Cl)cc4)c3c2=O)o1. The van der Waals surface area contributed by atoms with E-state index in [-0.39, 0.29) is 17.9 Å². The summed E-state index contributed by atoms with van der Waals surface area (Å²) in [6.07, 6.45) is 0. The number of carbonyl (C=O) groups excluding carboxylic acids is 1. The van der Waals surface area contributed by atoms with Crippen LogP contribution in [0.4, 0.5) is 0 Å². The molecule has 0 aliphatic rings. The highest BCUT2D eigenvalue weighted by Gasteiger charge is 2.20. The van der Waals surface area contributed by atoms with E-state index in [0.717, 1.165) is 16.0 Å². The Morgan fingerprint density at radius 3 is 2.62 bits per heavy atom. The molecule has 1 aromatic carbocycles. The molecular formula is C21H17ClN2O4S. The van der Waals surface area contributed by atoms with Crippen molar-refractivity contribution in [2.24, 2.45) is 0 Å². The highest BCUT2D eigenvalue weighted by Crippen LogP contribution is 2.36. The molecule has 4 rings (SSSR count). The number of ether oxygens (including phenoxy) is 1. The van der Waals surface area contributed by atoms with Crippen LogP contribution < -0.4 is 5.56 Å². The Hall–Kier alpha value is -2.90. The molecule has 0 saturated heterocycles. The molecule has 148 valence electrons. The maximum atomic E-state index is 13.4. The summed E-state index contributed by atoms with van der Waals surface area (Å²) in [7, 11) is 1.29. The molecule has 0 bridgehead atoms. The minimum Gasteiger partial charge on any atom is -0.463 e. The standard InChI is InChI=1S/C21H17ClN2O4S/c1-11-17(13-4-6-14(22)7-5-13)18-19(29-11)23-12(2)24(20(18)25)10-15-8-9-16(28-15)21(26)27-3/h4-9H,10H2,1-3H3. The summed E-state index contributed by atoms with van der Waals surface area (Å²) in [5, 5.41) is 1.21. The van der Waals surface area contributed by atoms with Gasteiger partial charge in [-0.25, -0.2) is 9.78 Å². The third-order valence-electron chi connectivity index (χ3n) is 4.67. The molecule has 0 saturated carbocycles. The van der Waals surface area contributed by atoms with E-state index in [1.165, 1.54) is 24.5 Å². The fraction of sp³-hybridized carbons (Fsp3) is 0.190. The number of aryl methyl sites for hydroxylation is 2. The number of hydrogen-bond donors (Lipinski definition) is 0. The lowest BCUT2D eigenvalue weighted by molar-refractivity contribution is 0.0563. The first kappa shape index (κ1) is 19.4. The Labute approximate surface area is 175 Å². The van der Waals surface area contributed by atoms with E-state index in [1.807, 2.05) is 19.1 Å². The molecule has 0 radical (unpaired) electrons. The lowest BCUT2D eigenvalue weighted by Gasteiger charge is -2.09. The summed E-state index contributed by atoms with van der Waals surface area (Å²) in [5.41, 5.74) is 1.62. The molecular weight excluding hydrogens is 412 g/mol. The maximum absolute atomic E-state index is 13.4. The first-order chi connectivity index (χ1) is 13.9. The molecule has 0 unspecified atom stereocenters. The number of aromatic nitrogens is 2. The average Bonchev–Trinajstić information content (AvgIpc) is 3.29. The number of methoxy groups -OCH3 is 1. The van der Waals surface area contributed by atoms with Crippen molar-refractivity contribution in [2.45, 2.75) is 20.4 Å². The molecule has 0 amide bonds. The van der Waals surface area contributed by atoms with Crippen molar-refractivity contribution in [2.75, 3.05) is 7.11 Å². The predicted molar refractivity (Wildman–Crippen MR) is 113 cm³/mol. The summed E-state index contributed by atoms with van der Waals surface area (Å²) in [5.74, 6) is 0.571. The van der Waals surface area contributed by atoms with Crippen LogP contribution in [0.15, 0.2) is 45.6 Å². The van der Waals surface area contributed by atoms with Crippen LogP contribution in [0.2, 0.25) is 5.02 Å². The van der Waals surface area contributed by atoms with E-state index < -0.39 is 5.97 Å². The molecule has 0 N–H and O–H groups in total. The van der Waals surface area contributed by atoms with Gasteiger partial charge in [0.1, 0.15) is 16.4 Å². The van der Waals surface area contributed by atoms with Gasteiger partial charge in [0.25, 0.3) is 5.56 Å². The van der Waals surface area contributed by atoms with Crippen LogP contribution in [0, 0.1) is 13.8 Å². The Balaban J connectivity index is 1.84. The zero-order chi connectivity index (χ0) is 20.7. The summed E-state index contributed by atoms with van der Waals surface area (Å²) in [4.78, 5) is 31.3. The van der Waals surface area contributed by atoms with Gasteiger partial charge in [0.2, 0.25) is 5.76 Å². The van der Waals surface area contributed by atoms with Crippen LogP contribution in [0.5, 0.6) is 0 Å². The quantitative estimate of drug-likeness (QED) is 0.435. The van der Waals surface area contributed by atoms with Crippen molar-refractivity contribution < 1.29 is 13.9 Å². The Morgan fingerprint density at radius 1 is 1.21 bits per heavy atom.